The number of aliphatic hydroxyl groups excluding tert-OH is 1. The Morgan fingerprint density at radius 1 is 1.05 bits per heavy atom. The highest BCUT2D eigenvalue weighted by molar-refractivity contribution is 9.10. The summed E-state index contributed by atoms with van der Waals surface area (Å²) in [5, 5.41) is 9.63. The zero-order chi connectivity index (χ0) is 14.5. The fourth-order valence-electron chi connectivity index (χ4n) is 2.16. The molecule has 2 aromatic rings. The van der Waals surface area contributed by atoms with Crippen molar-refractivity contribution in [2.75, 3.05) is 6.61 Å². The second-order valence-corrected chi connectivity index (χ2v) is 6.15. The van der Waals surface area contributed by atoms with Crippen molar-refractivity contribution in [3.05, 3.63) is 68.9 Å². The maximum atomic E-state index is 13.4. The van der Waals surface area contributed by atoms with Crippen molar-refractivity contribution >= 4 is 27.5 Å². The van der Waals surface area contributed by atoms with Gasteiger partial charge >= 0.3 is 0 Å². The fourth-order valence-corrected chi connectivity index (χ4v) is 2.54. The molecule has 1 unspecified atom stereocenters. The van der Waals surface area contributed by atoms with Gasteiger partial charge in [0.2, 0.25) is 0 Å². The minimum Gasteiger partial charge on any atom is -0.396 e. The molecule has 2 rings (SSSR count). The largest absolute Gasteiger partial charge is 0.396 e. The van der Waals surface area contributed by atoms with E-state index in [0.717, 1.165) is 22.0 Å². The van der Waals surface area contributed by atoms with Crippen molar-refractivity contribution in [3.8, 4) is 0 Å². The molecule has 1 atom stereocenters. The van der Waals surface area contributed by atoms with Crippen LogP contribution in [0, 0.1) is 11.7 Å². The Labute approximate surface area is 131 Å². The highest BCUT2D eigenvalue weighted by atomic mass is 79.9. The van der Waals surface area contributed by atoms with Crippen LogP contribution in [0.3, 0.4) is 0 Å². The molecule has 0 spiro atoms. The lowest BCUT2D eigenvalue weighted by Gasteiger charge is -2.14. The molecule has 106 valence electrons. The van der Waals surface area contributed by atoms with Gasteiger partial charge in [-0.15, -0.1) is 0 Å². The standard InChI is InChI=1S/C16H15BrClFO/c17-14-4-1-11(2-5-14)7-13(10-20)8-12-3-6-15(18)16(19)9-12/h1-6,9,13,20H,7-8,10H2. The lowest BCUT2D eigenvalue weighted by Crippen LogP contribution is -2.13. The van der Waals surface area contributed by atoms with E-state index in [2.05, 4.69) is 15.9 Å². The first-order valence-electron chi connectivity index (χ1n) is 6.37. The summed E-state index contributed by atoms with van der Waals surface area (Å²) in [4.78, 5) is 0. The Kier molecular flexibility index (Phi) is 5.58. The molecule has 4 heteroatoms. The molecule has 0 aliphatic carbocycles. The molecule has 1 nitrogen and oxygen atoms in total. The van der Waals surface area contributed by atoms with Gasteiger partial charge in [0.15, 0.2) is 0 Å². The Bertz CT molecular complexity index is 571. The molecule has 1 N–H and O–H groups in total. The van der Waals surface area contributed by atoms with E-state index in [9.17, 15) is 9.50 Å². The SMILES string of the molecule is OCC(Cc1ccc(Br)cc1)Cc1ccc(Cl)c(F)c1. The molecule has 0 saturated carbocycles. The zero-order valence-corrected chi connectivity index (χ0v) is 13.2. The molecule has 0 aliphatic rings. The van der Waals surface area contributed by atoms with Crippen LogP contribution in [-0.4, -0.2) is 11.7 Å². The third-order valence-corrected chi connectivity index (χ3v) is 4.04. The first-order valence-corrected chi connectivity index (χ1v) is 7.55. The predicted molar refractivity (Wildman–Crippen MR) is 83.5 cm³/mol. The summed E-state index contributed by atoms with van der Waals surface area (Å²) in [6.07, 6.45) is 1.38. The fraction of sp³-hybridized carbons (Fsp3) is 0.250. The molecule has 0 aliphatic heterocycles. The Hall–Kier alpha value is -0.900. The monoisotopic (exact) mass is 356 g/mol. The average Bonchev–Trinajstić information content (AvgIpc) is 2.44. The van der Waals surface area contributed by atoms with E-state index in [0.29, 0.717) is 6.42 Å². The molecule has 0 bridgehead atoms. The third kappa shape index (κ3) is 4.30. The van der Waals surface area contributed by atoms with E-state index in [1.165, 1.54) is 6.07 Å². The van der Waals surface area contributed by atoms with Crippen LogP contribution in [0.5, 0.6) is 0 Å². The Balaban J connectivity index is 2.04. The Morgan fingerprint density at radius 2 is 1.65 bits per heavy atom. The van der Waals surface area contributed by atoms with E-state index >= 15 is 0 Å². The molecular formula is C16H15BrClFO. The van der Waals surface area contributed by atoms with Crippen molar-refractivity contribution in [1.82, 2.24) is 0 Å². The number of aliphatic hydroxyl groups is 1. The topological polar surface area (TPSA) is 20.2 Å². The zero-order valence-electron chi connectivity index (χ0n) is 10.8. The highest BCUT2D eigenvalue weighted by Gasteiger charge is 2.11. The van der Waals surface area contributed by atoms with Gasteiger partial charge in [-0.2, -0.15) is 0 Å². The number of rotatable bonds is 5. The molecule has 0 amide bonds. The molecule has 0 saturated heterocycles. The molecule has 20 heavy (non-hydrogen) atoms. The second kappa shape index (κ2) is 7.21. The molecule has 2 aromatic carbocycles. The number of hydrogen-bond acceptors (Lipinski definition) is 1. The van der Waals surface area contributed by atoms with Crippen molar-refractivity contribution in [2.45, 2.75) is 12.8 Å². The van der Waals surface area contributed by atoms with Crippen molar-refractivity contribution < 1.29 is 9.50 Å². The van der Waals surface area contributed by atoms with E-state index in [1.807, 2.05) is 24.3 Å². The summed E-state index contributed by atoms with van der Waals surface area (Å²) in [5.41, 5.74) is 2.00. The molecule has 0 heterocycles. The minimum absolute atomic E-state index is 0.0664. The van der Waals surface area contributed by atoms with Crippen LogP contribution < -0.4 is 0 Å². The molecule has 0 fully saturated rings. The number of benzene rings is 2. The van der Waals surface area contributed by atoms with Gasteiger partial charge in [0.25, 0.3) is 0 Å². The van der Waals surface area contributed by atoms with Crippen LogP contribution >= 0.6 is 27.5 Å². The Morgan fingerprint density at radius 3 is 2.25 bits per heavy atom. The summed E-state index contributed by atoms with van der Waals surface area (Å²) >= 11 is 9.06. The van der Waals surface area contributed by atoms with Gasteiger partial charge in [-0.3, -0.25) is 0 Å². The summed E-state index contributed by atoms with van der Waals surface area (Å²) < 4.78 is 14.4. The van der Waals surface area contributed by atoms with Crippen LogP contribution in [0.4, 0.5) is 4.39 Å². The summed E-state index contributed by atoms with van der Waals surface area (Å²) in [6, 6.07) is 12.8. The summed E-state index contributed by atoms with van der Waals surface area (Å²) in [5.74, 6) is -0.346. The summed E-state index contributed by atoms with van der Waals surface area (Å²) in [6.45, 7) is 0.0698. The normalized spacial score (nSPS) is 12.4. The van der Waals surface area contributed by atoms with Gasteiger partial charge in [-0.1, -0.05) is 45.7 Å². The number of hydrogen-bond donors (Lipinski definition) is 1. The van der Waals surface area contributed by atoms with E-state index in [1.54, 1.807) is 12.1 Å². The van der Waals surface area contributed by atoms with Crippen LogP contribution in [0.2, 0.25) is 5.02 Å². The average molecular weight is 358 g/mol. The molecule has 0 radical (unpaired) electrons. The van der Waals surface area contributed by atoms with E-state index in [4.69, 9.17) is 11.6 Å². The first-order chi connectivity index (χ1) is 9.58. The predicted octanol–water partition coefficient (Wildman–Crippen LogP) is 4.64. The van der Waals surface area contributed by atoms with E-state index < -0.39 is 5.82 Å². The van der Waals surface area contributed by atoms with Crippen LogP contribution in [-0.2, 0) is 12.8 Å². The van der Waals surface area contributed by atoms with Crippen molar-refractivity contribution in [3.63, 3.8) is 0 Å². The van der Waals surface area contributed by atoms with Crippen LogP contribution in [0.25, 0.3) is 0 Å². The molecular weight excluding hydrogens is 343 g/mol. The first kappa shape index (κ1) is 15.5. The second-order valence-electron chi connectivity index (χ2n) is 4.83. The highest BCUT2D eigenvalue weighted by Crippen LogP contribution is 2.20. The third-order valence-electron chi connectivity index (χ3n) is 3.20. The quantitative estimate of drug-likeness (QED) is 0.827. The van der Waals surface area contributed by atoms with Crippen LogP contribution in [0.15, 0.2) is 46.9 Å². The maximum absolute atomic E-state index is 13.4. The van der Waals surface area contributed by atoms with Gasteiger partial charge in [-0.05, 0) is 54.2 Å². The smallest absolute Gasteiger partial charge is 0.142 e. The van der Waals surface area contributed by atoms with Gasteiger partial charge in [0, 0.05) is 11.1 Å². The summed E-state index contributed by atoms with van der Waals surface area (Å²) in [7, 11) is 0. The van der Waals surface area contributed by atoms with E-state index in [-0.39, 0.29) is 17.5 Å². The lowest BCUT2D eigenvalue weighted by atomic mass is 9.93. The lowest BCUT2D eigenvalue weighted by molar-refractivity contribution is 0.225. The van der Waals surface area contributed by atoms with Gasteiger partial charge in [0.05, 0.1) is 5.02 Å². The molecule has 0 aromatic heterocycles. The van der Waals surface area contributed by atoms with Gasteiger partial charge in [-0.25, -0.2) is 4.39 Å². The van der Waals surface area contributed by atoms with Crippen molar-refractivity contribution in [1.29, 1.82) is 0 Å². The number of halogens is 3. The minimum atomic E-state index is -0.413. The van der Waals surface area contributed by atoms with Crippen LogP contribution in [0.1, 0.15) is 11.1 Å². The van der Waals surface area contributed by atoms with Crippen molar-refractivity contribution in [2.24, 2.45) is 5.92 Å². The van der Waals surface area contributed by atoms with Gasteiger partial charge < -0.3 is 5.11 Å². The van der Waals surface area contributed by atoms with Gasteiger partial charge in [0.1, 0.15) is 5.82 Å². The maximum Gasteiger partial charge on any atom is 0.142 e.